The Kier molecular flexibility index (Phi) is 9.07. The number of ether oxygens (including phenoxy) is 1. The van der Waals surface area contributed by atoms with Gasteiger partial charge in [-0.25, -0.2) is 9.78 Å². The van der Waals surface area contributed by atoms with Crippen LogP contribution in [0.1, 0.15) is 84.0 Å². The van der Waals surface area contributed by atoms with E-state index in [1.807, 2.05) is 18.2 Å². The van der Waals surface area contributed by atoms with Gasteiger partial charge in [0.15, 0.2) is 5.82 Å². The molecule has 1 aromatic heterocycles. The largest absolute Gasteiger partial charge is 0.446 e. The lowest BCUT2D eigenvalue weighted by atomic mass is 9.63. The van der Waals surface area contributed by atoms with Crippen molar-refractivity contribution in [1.29, 1.82) is 5.26 Å². The zero-order valence-corrected chi connectivity index (χ0v) is 24.7. The summed E-state index contributed by atoms with van der Waals surface area (Å²) < 4.78 is 6.06. The summed E-state index contributed by atoms with van der Waals surface area (Å²) in [6.45, 7) is 14.9. The van der Waals surface area contributed by atoms with Crippen molar-refractivity contribution in [2.24, 2.45) is 10.8 Å². The minimum Gasteiger partial charge on any atom is -0.446 e. The van der Waals surface area contributed by atoms with Crippen molar-refractivity contribution >= 4 is 17.6 Å². The zero-order valence-electron chi connectivity index (χ0n) is 24.7. The highest BCUT2D eigenvalue weighted by molar-refractivity contribution is 5.85. The van der Waals surface area contributed by atoms with Crippen LogP contribution in [-0.4, -0.2) is 40.9 Å². The molecule has 1 heterocycles. The fourth-order valence-corrected chi connectivity index (χ4v) is 5.72. The fraction of sp³-hybridized carbons (Fsp3) is 0.548. The van der Waals surface area contributed by atoms with Crippen LogP contribution in [0.5, 0.6) is 0 Å². The quantitative estimate of drug-likeness (QED) is 0.415. The number of benzene rings is 1. The van der Waals surface area contributed by atoms with Crippen LogP contribution >= 0.6 is 0 Å². The molecule has 1 saturated carbocycles. The molecule has 1 amide bonds. The summed E-state index contributed by atoms with van der Waals surface area (Å²) in [6.07, 6.45) is 9.80. The van der Waals surface area contributed by atoms with E-state index in [1.54, 1.807) is 20.9 Å². The summed E-state index contributed by atoms with van der Waals surface area (Å²) in [6, 6.07) is 8.05. The van der Waals surface area contributed by atoms with Crippen LogP contribution in [-0.2, 0) is 10.3 Å². The molecule has 8 nitrogen and oxygen atoms in total. The minimum atomic E-state index is -1.11. The van der Waals surface area contributed by atoms with E-state index >= 15 is 0 Å². The smallest absolute Gasteiger partial charge is 0.415 e. The summed E-state index contributed by atoms with van der Waals surface area (Å²) in [5.41, 5.74) is 1.89. The molecular weight excluding hydrogens is 490 g/mol. The van der Waals surface area contributed by atoms with Crippen LogP contribution in [0, 0.1) is 29.1 Å². The second-order valence-corrected chi connectivity index (χ2v) is 12.5. The number of hydrogen-bond donors (Lipinski definition) is 1. The molecule has 2 atom stereocenters. The van der Waals surface area contributed by atoms with Gasteiger partial charge in [-0.05, 0) is 75.0 Å². The maximum absolute atomic E-state index is 13.2. The Hall–Kier alpha value is -3.44. The van der Waals surface area contributed by atoms with E-state index in [9.17, 15) is 15.2 Å². The Balaban J connectivity index is 1.80. The van der Waals surface area contributed by atoms with E-state index in [0.717, 1.165) is 37.1 Å². The molecule has 3 rings (SSSR count). The standard InChI is InChI=1S/C31H43N5O3/c1-9-10-13-36(25-14-23(17-32)12-11-22(25)2)21-31(7)16-24(15-29(3,4)20-31)39-28(37)35(8)27-19-33-26(18-34-27)30(5,6)38/h10-14,18-19,24,38H,9,15-16,20-21H2,1-8H3/b13-10-/t24?,31-/m1/s1. The van der Waals surface area contributed by atoms with Gasteiger partial charge in [0.25, 0.3) is 0 Å². The highest BCUT2D eigenvalue weighted by Crippen LogP contribution is 2.48. The molecule has 1 aliphatic carbocycles. The minimum absolute atomic E-state index is 0.0334. The van der Waals surface area contributed by atoms with Crippen molar-refractivity contribution in [1.82, 2.24) is 9.97 Å². The molecule has 0 saturated heterocycles. The fourth-order valence-electron chi connectivity index (χ4n) is 5.72. The lowest BCUT2D eigenvalue weighted by Crippen LogP contribution is -2.46. The monoisotopic (exact) mass is 533 g/mol. The molecule has 0 radical (unpaired) electrons. The van der Waals surface area contributed by atoms with Crippen LogP contribution in [0.4, 0.5) is 16.3 Å². The third-order valence-electron chi connectivity index (χ3n) is 7.28. The number of allylic oxidation sites excluding steroid dienone is 1. The average molecular weight is 534 g/mol. The Labute approximate surface area is 233 Å². The first kappa shape index (κ1) is 30.1. The van der Waals surface area contributed by atoms with Crippen LogP contribution in [0.3, 0.4) is 0 Å². The van der Waals surface area contributed by atoms with E-state index in [1.165, 1.54) is 17.3 Å². The van der Waals surface area contributed by atoms with E-state index in [-0.39, 0.29) is 16.9 Å². The average Bonchev–Trinajstić information content (AvgIpc) is 2.84. The maximum atomic E-state index is 13.2. The van der Waals surface area contributed by atoms with Crippen molar-refractivity contribution in [3.8, 4) is 6.07 Å². The Bertz CT molecular complexity index is 1230. The van der Waals surface area contributed by atoms with E-state index in [0.29, 0.717) is 23.5 Å². The van der Waals surface area contributed by atoms with Gasteiger partial charge in [0.1, 0.15) is 11.7 Å². The summed E-state index contributed by atoms with van der Waals surface area (Å²) in [7, 11) is 1.62. The SMILES string of the molecule is CC/C=C\N(C[C@]1(C)CC(OC(=O)N(C)c2cnc(C(C)(C)O)cn2)CC(C)(C)C1)c1cc(C#N)ccc1C. The second kappa shape index (κ2) is 11.7. The van der Waals surface area contributed by atoms with Gasteiger partial charge in [0, 0.05) is 25.5 Å². The summed E-state index contributed by atoms with van der Waals surface area (Å²) in [5, 5.41) is 19.6. The molecule has 0 aliphatic heterocycles. The molecule has 1 unspecified atom stereocenters. The number of carbonyl (C=O) groups is 1. The third-order valence-corrected chi connectivity index (χ3v) is 7.28. The lowest BCUT2D eigenvalue weighted by molar-refractivity contribution is -0.0140. The molecule has 1 aliphatic rings. The van der Waals surface area contributed by atoms with Crippen molar-refractivity contribution in [3.05, 3.63) is 59.7 Å². The molecule has 0 spiro atoms. The van der Waals surface area contributed by atoms with Crippen molar-refractivity contribution < 1.29 is 14.6 Å². The molecule has 210 valence electrons. The van der Waals surface area contributed by atoms with Crippen LogP contribution in [0.25, 0.3) is 0 Å². The predicted molar refractivity (Wildman–Crippen MR) is 154 cm³/mol. The second-order valence-electron chi connectivity index (χ2n) is 12.5. The van der Waals surface area contributed by atoms with Gasteiger partial charge in [-0.15, -0.1) is 0 Å². The number of hydrogen-bond acceptors (Lipinski definition) is 7. The van der Waals surface area contributed by atoms with Crippen molar-refractivity contribution in [2.45, 2.75) is 85.9 Å². The number of amides is 1. The van der Waals surface area contributed by atoms with Gasteiger partial charge in [-0.3, -0.25) is 9.88 Å². The number of aryl methyl sites for hydroxylation is 1. The topological polar surface area (TPSA) is 103 Å². The number of aliphatic hydroxyl groups is 1. The van der Waals surface area contributed by atoms with Crippen LogP contribution in [0.2, 0.25) is 0 Å². The summed E-state index contributed by atoms with van der Waals surface area (Å²) >= 11 is 0. The van der Waals surface area contributed by atoms with Gasteiger partial charge in [-0.1, -0.05) is 39.8 Å². The zero-order chi connectivity index (χ0) is 29.0. The van der Waals surface area contributed by atoms with Crippen LogP contribution < -0.4 is 9.80 Å². The van der Waals surface area contributed by atoms with Gasteiger partial charge in [-0.2, -0.15) is 5.26 Å². The predicted octanol–water partition coefficient (Wildman–Crippen LogP) is 6.47. The first-order valence-electron chi connectivity index (χ1n) is 13.6. The number of anilines is 2. The Morgan fingerprint density at radius 1 is 1.26 bits per heavy atom. The lowest BCUT2D eigenvalue weighted by Gasteiger charge is -2.48. The van der Waals surface area contributed by atoms with Gasteiger partial charge in [0.2, 0.25) is 0 Å². The normalized spacial score (nSPS) is 20.9. The first-order chi connectivity index (χ1) is 18.2. The number of nitriles is 1. The molecule has 8 heteroatoms. The van der Waals surface area contributed by atoms with Gasteiger partial charge < -0.3 is 14.7 Å². The molecule has 39 heavy (non-hydrogen) atoms. The third kappa shape index (κ3) is 7.79. The number of rotatable bonds is 8. The molecule has 1 N–H and O–H groups in total. The first-order valence-corrected chi connectivity index (χ1v) is 13.6. The van der Waals surface area contributed by atoms with Crippen molar-refractivity contribution in [3.63, 3.8) is 0 Å². The molecule has 2 aromatic rings. The van der Waals surface area contributed by atoms with Crippen LogP contribution in [0.15, 0.2) is 42.9 Å². The Morgan fingerprint density at radius 3 is 2.56 bits per heavy atom. The van der Waals surface area contributed by atoms with Crippen molar-refractivity contribution in [2.75, 3.05) is 23.4 Å². The molecule has 0 bridgehead atoms. The number of carbonyl (C=O) groups excluding carboxylic acids is 1. The van der Waals surface area contributed by atoms with E-state index in [4.69, 9.17) is 4.74 Å². The van der Waals surface area contributed by atoms with Gasteiger partial charge >= 0.3 is 6.09 Å². The summed E-state index contributed by atoms with van der Waals surface area (Å²) in [5.74, 6) is 0.356. The molecule has 1 aromatic carbocycles. The molecule has 1 fully saturated rings. The maximum Gasteiger partial charge on any atom is 0.415 e. The number of nitrogens with zero attached hydrogens (tertiary/aromatic N) is 5. The van der Waals surface area contributed by atoms with E-state index in [2.05, 4.69) is 67.8 Å². The highest BCUT2D eigenvalue weighted by atomic mass is 16.6. The number of aromatic nitrogens is 2. The van der Waals surface area contributed by atoms with Gasteiger partial charge in [0.05, 0.1) is 29.7 Å². The van der Waals surface area contributed by atoms with E-state index < -0.39 is 11.7 Å². The Morgan fingerprint density at radius 2 is 1.97 bits per heavy atom. The molecular formula is C31H43N5O3. The summed E-state index contributed by atoms with van der Waals surface area (Å²) in [4.78, 5) is 25.3. The highest BCUT2D eigenvalue weighted by Gasteiger charge is 2.44.